The Labute approximate surface area is 344 Å². The van der Waals surface area contributed by atoms with Gasteiger partial charge in [-0.3, -0.25) is 9.59 Å². The van der Waals surface area contributed by atoms with Gasteiger partial charge in [0.2, 0.25) is 6.41 Å². The maximum absolute atomic E-state index is 13.0. The van der Waals surface area contributed by atoms with Crippen molar-refractivity contribution in [1.29, 1.82) is 0 Å². The quantitative estimate of drug-likeness (QED) is 0.0378. The highest BCUT2D eigenvalue weighted by Crippen LogP contribution is 2.22. The van der Waals surface area contributed by atoms with Crippen LogP contribution in [-0.2, 0) is 19.1 Å². The Hall–Kier alpha value is -1.14. The molecule has 0 aromatic rings. The smallest absolute Gasteiger partial charge is 0.308 e. The number of amides is 1. The summed E-state index contributed by atoms with van der Waals surface area (Å²) in [6, 6.07) is 0. The van der Waals surface area contributed by atoms with Crippen LogP contribution in [0.4, 0.5) is 0 Å². The van der Waals surface area contributed by atoms with Crippen LogP contribution in [0, 0.1) is 11.8 Å². The molecule has 0 aromatic heterocycles. The Kier molecular flexibility index (Phi) is 44.6. The standard InChI is InChI=1S/C49H98N2O4/c1-5-9-13-17-19-26-36-47(35-25-15-11-7-3)45-54-43-33-23-21-30-40-51(42-32-29-39-50-46-52)41-31-22-24-34-44-55-49(53)48(37-27-16-12-8-4)38-28-20-18-14-10-6-2/h46-48H,5-45H2,1-4H3,(H,50,52). The molecule has 0 heterocycles. The number of nitrogens with zero attached hydrogens (tertiary/aromatic N) is 1. The first-order valence-corrected chi connectivity index (χ1v) is 24.8. The highest BCUT2D eigenvalue weighted by atomic mass is 16.5. The van der Waals surface area contributed by atoms with E-state index in [1.807, 2.05) is 0 Å². The molecule has 6 heteroatoms. The van der Waals surface area contributed by atoms with Crippen molar-refractivity contribution in [3.63, 3.8) is 0 Å². The molecule has 0 rings (SSSR count). The van der Waals surface area contributed by atoms with Crippen molar-refractivity contribution in [1.82, 2.24) is 10.2 Å². The van der Waals surface area contributed by atoms with E-state index in [1.54, 1.807) is 0 Å². The van der Waals surface area contributed by atoms with Crippen molar-refractivity contribution in [3.8, 4) is 0 Å². The second-order valence-electron chi connectivity index (χ2n) is 17.1. The predicted molar refractivity (Wildman–Crippen MR) is 239 cm³/mol. The third-order valence-corrected chi connectivity index (χ3v) is 11.7. The van der Waals surface area contributed by atoms with Crippen LogP contribution in [0.5, 0.6) is 0 Å². The predicted octanol–water partition coefficient (Wildman–Crippen LogP) is 14.2. The number of unbranched alkanes of at least 4 members (excludes halogenated alkanes) is 23. The zero-order chi connectivity index (χ0) is 40.1. The van der Waals surface area contributed by atoms with E-state index in [4.69, 9.17) is 9.47 Å². The van der Waals surface area contributed by atoms with Gasteiger partial charge in [-0.05, 0) is 89.8 Å². The van der Waals surface area contributed by atoms with Gasteiger partial charge in [-0.25, -0.2) is 0 Å². The van der Waals surface area contributed by atoms with Crippen LogP contribution in [0.3, 0.4) is 0 Å². The third kappa shape index (κ3) is 39.5. The van der Waals surface area contributed by atoms with Crippen LogP contribution >= 0.6 is 0 Å². The Morgan fingerprint density at radius 1 is 0.491 bits per heavy atom. The summed E-state index contributed by atoms with van der Waals surface area (Å²) < 4.78 is 12.1. The molecule has 0 saturated carbocycles. The third-order valence-electron chi connectivity index (χ3n) is 11.7. The fourth-order valence-electron chi connectivity index (χ4n) is 7.93. The van der Waals surface area contributed by atoms with E-state index in [-0.39, 0.29) is 11.9 Å². The summed E-state index contributed by atoms with van der Waals surface area (Å²) in [5.74, 6) is 0.922. The van der Waals surface area contributed by atoms with Gasteiger partial charge in [-0.2, -0.15) is 0 Å². The van der Waals surface area contributed by atoms with Crippen LogP contribution in [-0.4, -0.2) is 63.3 Å². The lowest BCUT2D eigenvalue weighted by Gasteiger charge is -2.22. The molecule has 6 nitrogen and oxygen atoms in total. The first-order valence-electron chi connectivity index (χ1n) is 24.8. The molecule has 0 aliphatic carbocycles. The molecule has 0 spiro atoms. The normalized spacial score (nSPS) is 12.7. The number of carbonyl (C=O) groups is 2. The van der Waals surface area contributed by atoms with Crippen molar-refractivity contribution in [2.45, 2.75) is 246 Å². The number of ether oxygens (including phenoxy) is 2. The van der Waals surface area contributed by atoms with Crippen molar-refractivity contribution in [3.05, 3.63) is 0 Å². The molecule has 2 atom stereocenters. The van der Waals surface area contributed by atoms with Crippen molar-refractivity contribution < 1.29 is 19.1 Å². The van der Waals surface area contributed by atoms with Gasteiger partial charge in [0.15, 0.2) is 0 Å². The van der Waals surface area contributed by atoms with Crippen molar-refractivity contribution in [2.24, 2.45) is 11.8 Å². The molecule has 0 aliphatic rings. The molecule has 328 valence electrons. The lowest BCUT2D eigenvalue weighted by Crippen LogP contribution is -2.28. The minimum atomic E-state index is 0.0670. The number of esters is 1. The minimum Gasteiger partial charge on any atom is -0.465 e. The van der Waals surface area contributed by atoms with E-state index >= 15 is 0 Å². The summed E-state index contributed by atoms with van der Waals surface area (Å²) in [6.07, 6.45) is 43.4. The van der Waals surface area contributed by atoms with Crippen molar-refractivity contribution in [2.75, 3.05) is 46.0 Å². The fraction of sp³-hybridized carbons (Fsp3) is 0.959. The van der Waals surface area contributed by atoms with Gasteiger partial charge < -0.3 is 19.7 Å². The molecule has 2 unspecified atom stereocenters. The molecule has 0 radical (unpaired) electrons. The Morgan fingerprint density at radius 2 is 0.891 bits per heavy atom. The zero-order valence-electron chi connectivity index (χ0n) is 37.8. The minimum absolute atomic E-state index is 0.0670. The van der Waals surface area contributed by atoms with E-state index in [2.05, 4.69) is 37.9 Å². The van der Waals surface area contributed by atoms with Gasteiger partial charge in [0, 0.05) is 19.8 Å². The van der Waals surface area contributed by atoms with Gasteiger partial charge in [0.05, 0.1) is 12.5 Å². The summed E-state index contributed by atoms with van der Waals surface area (Å²) in [4.78, 5) is 26.3. The molecule has 1 N–H and O–H groups in total. The van der Waals surface area contributed by atoms with E-state index < -0.39 is 0 Å². The lowest BCUT2D eigenvalue weighted by atomic mass is 9.94. The fourth-order valence-corrected chi connectivity index (χ4v) is 7.93. The van der Waals surface area contributed by atoms with Crippen LogP contribution in [0.2, 0.25) is 0 Å². The maximum Gasteiger partial charge on any atom is 0.308 e. The molecule has 1 amide bonds. The maximum atomic E-state index is 13.0. The molecule has 0 fully saturated rings. The summed E-state index contributed by atoms with van der Waals surface area (Å²) in [5, 5.41) is 2.81. The molecule has 0 aliphatic heterocycles. The van der Waals surface area contributed by atoms with E-state index in [0.29, 0.717) is 6.61 Å². The van der Waals surface area contributed by atoms with Crippen molar-refractivity contribution >= 4 is 12.4 Å². The second-order valence-corrected chi connectivity index (χ2v) is 17.1. The average molecular weight is 779 g/mol. The Bertz CT molecular complexity index is 765. The van der Waals surface area contributed by atoms with Crippen LogP contribution in [0.1, 0.15) is 246 Å². The van der Waals surface area contributed by atoms with Crippen LogP contribution in [0.15, 0.2) is 0 Å². The number of rotatable bonds is 47. The Balaban J connectivity index is 4.39. The lowest BCUT2D eigenvalue weighted by molar-refractivity contribution is -0.149. The second kappa shape index (κ2) is 45.6. The molecular formula is C49H98N2O4. The molecule has 55 heavy (non-hydrogen) atoms. The first-order chi connectivity index (χ1) is 27.1. The van der Waals surface area contributed by atoms with E-state index in [0.717, 1.165) is 103 Å². The Morgan fingerprint density at radius 3 is 1.40 bits per heavy atom. The molecule has 0 saturated heterocycles. The van der Waals surface area contributed by atoms with Gasteiger partial charge in [-0.15, -0.1) is 0 Å². The number of carbonyl (C=O) groups excluding carboxylic acids is 2. The molecule has 0 aromatic carbocycles. The summed E-state index contributed by atoms with van der Waals surface area (Å²) in [7, 11) is 0. The first kappa shape index (κ1) is 53.9. The largest absolute Gasteiger partial charge is 0.465 e. The van der Waals surface area contributed by atoms with Gasteiger partial charge >= 0.3 is 5.97 Å². The monoisotopic (exact) mass is 779 g/mol. The van der Waals surface area contributed by atoms with Gasteiger partial charge in [-0.1, -0.05) is 182 Å². The van der Waals surface area contributed by atoms with Gasteiger partial charge in [0.25, 0.3) is 0 Å². The van der Waals surface area contributed by atoms with Crippen LogP contribution in [0.25, 0.3) is 0 Å². The van der Waals surface area contributed by atoms with Gasteiger partial charge in [0.1, 0.15) is 0 Å². The summed E-state index contributed by atoms with van der Waals surface area (Å²) >= 11 is 0. The number of nitrogens with one attached hydrogen (secondary N) is 1. The number of hydrogen-bond acceptors (Lipinski definition) is 5. The van der Waals surface area contributed by atoms with E-state index in [1.165, 1.54) is 167 Å². The highest BCUT2D eigenvalue weighted by Gasteiger charge is 2.19. The van der Waals surface area contributed by atoms with E-state index in [9.17, 15) is 9.59 Å². The summed E-state index contributed by atoms with van der Waals surface area (Å²) in [5.41, 5.74) is 0. The molecular weight excluding hydrogens is 681 g/mol. The summed E-state index contributed by atoms with van der Waals surface area (Å²) in [6.45, 7) is 15.8. The number of hydrogen-bond donors (Lipinski definition) is 1. The highest BCUT2D eigenvalue weighted by molar-refractivity contribution is 5.72. The topological polar surface area (TPSA) is 67.9 Å². The SMILES string of the molecule is CCCCCCCCC(CCCCCC)COCCCCCCN(CCCCCCOC(=O)C(CCCCCC)CCCCCCCC)CCCCNC=O. The molecule has 0 bridgehead atoms. The average Bonchev–Trinajstić information content (AvgIpc) is 3.19. The zero-order valence-corrected chi connectivity index (χ0v) is 37.8. The van der Waals surface area contributed by atoms with Crippen LogP contribution < -0.4 is 5.32 Å².